The highest BCUT2D eigenvalue weighted by atomic mass is 79.9. The zero-order chi connectivity index (χ0) is 11.3. The van der Waals surface area contributed by atoms with Crippen molar-refractivity contribution in [3.63, 3.8) is 0 Å². The molecular formula is C13H17BrO. The van der Waals surface area contributed by atoms with Gasteiger partial charge in [0.05, 0.1) is 0 Å². The highest BCUT2D eigenvalue weighted by molar-refractivity contribution is 9.10. The lowest BCUT2D eigenvalue weighted by Gasteiger charge is -2.04. The molecule has 15 heavy (non-hydrogen) atoms. The Balaban J connectivity index is 2.35. The average Bonchev–Trinajstić information content (AvgIpc) is 2.17. The number of rotatable bonds is 5. The Morgan fingerprint density at radius 3 is 2.73 bits per heavy atom. The van der Waals surface area contributed by atoms with E-state index in [0.717, 1.165) is 17.3 Å². The summed E-state index contributed by atoms with van der Waals surface area (Å²) in [6.07, 6.45) is 2.63. The fourth-order valence-corrected chi connectivity index (χ4v) is 1.89. The van der Waals surface area contributed by atoms with Gasteiger partial charge in [-0.15, -0.1) is 0 Å². The first-order chi connectivity index (χ1) is 7.09. The van der Waals surface area contributed by atoms with Crippen LogP contribution in [0, 0.1) is 5.92 Å². The third-order valence-corrected chi connectivity index (χ3v) is 2.91. The van der Waals surface area contributed by atoms with Crippen molar-refractivity contribution in [2.24, 2.45) is 5.92 Å². The lowest BCUT2D eigenvalue weighted by atomic mass is 10.0. The molecule has 0 fully saturated rings. The monoisotopic (exact) mass is 268 g/mol. The minimum atomic E-state index is 0.174. The maximum Gasteiger partial charge on any atom is 0.135 e. The predicted octanol–water partition coefficient (Wildman–Crippen LogP) is 4.00. The summed E-state index contributed by atoms with van der Waals surface area (Å²) >= 11 is 3.44. The number of benzene rings is 1. The lowest BCUT2D eigenvalue weighted by molar-refractivity contribution is -0.121. The second kappa shape index (κ2) is 6.06. The van der Waals surface area contributed by atoms with Gasteiger partial charge in [-0.3, -0.25) is 4.79 Å². The van der Waals surface area contributed by atoms with E-state index < -0.39 is 0 Å². The number of carbonyl (C=O) groups excluding carboxylic acids is 1. The van der Waals surface area contributed by atoms with Crippen LogP contribution in [0.3, 0.4) is 0 Å². The first-order valence-corrected chi connectivity index (χ1v) is 6.16. The number of carbonyl (C=O) groups is 1. The van der Waals surface area contributed by atoms with Crippen LogP contribution in [0.5, 0.6) is 0 Å². The van der Waals surface area contributed by atoms with Crippen LogP contribution < -0.4 is 0 Å². The van der Waals surface area contributed by atoms with Crippen LogP contribution in [-0.4, -0.2) is 5.78 Å². The molecule has 0 N–H and O–H groups in total. The molecule has 0 aromatic heterocycles. The zero-order valence-corrected chi connectivity index (χ0v) is 10.9. The molecule has 0 unspecified atom stereocenters. The number of hydrogen-bond donors (Lipinski definition) is 0. The zero-order valence-electron chi connectivity index (χ0n) is 9.29. The summed E-state index contributed by atoms with van der Waals surface area (Å²) in [5.41, 5.74) is 1.29. The van der Waals surface area contributed by atoms with Crippen molar-refractivity contribution < 1.29 is 4.79 Å². The van der Waals surface area contributed by atoms with Crippen LogP contribution in [0.4, 0.5) is 0 Å². The Hall–Kier alpha value is -0.630. The molecule has 0 bridgehead atoms. The van der Waals surface area contributed by atoms with Crippen molar-refractivity contribution >= 4 is 21.7 Å². The summed E-state index contributed by atoms with van der Waals surface area (Å²) in [4.78, 5) is 11.4. The van der Waals surface area contributed by atoms with Crippen LogP contribution in [0.2, 0.25) is 0 Å². The predicted molar refractivity (Wildman–Crippen MR) is 66.9 cm³/mol. The van der Waals surface area contributed by atoms with Crippen LogP contribution in [0.1, 0.15) is 32.3 Å². The summed E-state index contributed by atoms with van der Waals surface area (Å²) in [5.74, 6) is 0.539. The molecule has 0 aliphatic heterocycles. The van der Waals surface area contributed by atoms with Crippen LogP contribution >= 0.6 is 15.9 Å². The van der Waals surface area contributed by atoms with Gasteiger partial charge in [-0.1, -0.05) is 41.9 Å². The van der Waals surface area contributed by atoms with Gasteiger partial charge in [0.1, 0.15) is 5.78 Å². The first-order valence-electron chi connectivity index (χ1n) is 5.36. The number of hydrogen-bond acceptors (Lipinski definition) is 1. The molecule has 0 radical (unpaired) electrons. The van der Waals surface area contributed by atoms with Gasteiger partial charge >= 0.3 is 0 Å². The van der Waals surface area contributed by atoms with Crippen molar-refractivity contribution in [1.29, 1.82) is 0 Å². The van der Waals surface area contributed by atoms with Crippen LogP contribution in [0.25, 0.3) is 0 Å². The van der Waals surface area contributed by atoms with E-state index in [4.69, 9.17) is 0 Å². The number of halogens is 1. The number of Topliss-reactive ketones (excluding diaryl/α,β-unsaturated/α-hetero) is 1. The Morgan fingerprint density at radius 2 is 2.13 bits per heavy atom. The lowest BCUT2D eigenvalue weighted by Crippen LogP contribution is -2.06. The minimum absolute atomic E-state index is 0.174. The summed E-state index contributed by atoms with van der Waals surface area (Å²) < 4.78 is 1.11. The minimum Gasteiger partial charge on any atom is -0.299 e. The molecule has 0 atom stereocenters. The maximum absolute atomic E-state index is 11.4. The van der Waals surface area contributed by atoms with Crippen molar-refractivity contribution in [3.8, 4) is 0 Å². The third kappa shape index (κ3) is 4.61. The molecule has 0 aliphatic rings. The van der Waals surface area contributed by atoms with Gasteiger partial charge in [0.25, 0.3) is 0 Å². The molecule has 0 aliphatic carbocycles. The summed E-state index contributed by atoms with van der Waals surface area (Å²) in [6.45, 7) is 3.92. The Bertz CT molecular complexity index is 331. The Kier molecular flexibility index (Phi) is 5.03. The van der Waals surface area contributed by atoms with E-state index in [9.17, 15) is 4.79 Å². The smallest absolute Gasteiger partial charge is 0.135 e. The van der Waals surface area contributed by atoms with Crippen LogP contribution in [0.15, 0.2) is 28.7 Å². The highest BCUT2D eigenvalue weighted by Crippen LogP contribution is 2.14. The second-order valence-electron chi connectivity index (χ2n) is 4.10. The molecule has 1 nitrogen and oxygen atoms in total. The van der Waals surface area contributed by atoms with E-state index in [0.29, 0.717) is 12.2 Å². The van der Waals surface area contributed by atoms with E-state index >= 15 is 0 Å². The molecule has 1 rings (SSSR count). The molecule has 0 heterocycles. The van der Waals surface area contributed by atoms with Gasteiger partial charge in [-0.05, 0) is 30.5 Å². The molecule has 1 aromatic rings. The van der Waals surface area contributed by atoms with Gasteiger partial charge in [-0.25, -0.2) is 0 Å². The second-order valence-corrected chi connectivity index (χ2v) is 5.02. The number of aryl methyl sites for hydroxylation is 1. The van der Waals surface area contributed by atoms with Crippen molar-refractivity contribution in [2.75, 3.05) is 0 Å². The fraction of sp³-hybridized carbons (Fsp3) is 0.462. The van der Waals surface area contributed by atoms with Crippen molar-refractivity contribution in [1.82, 2.24) is 0 Å². The summed E-state index contributed by atoms with van der Waals surface area (Å²) in [5, 5.41) is 0. The number of ketones is 1. The van der Waals surface area contributed by atoms with Gasteiger partial charge in [0.2, 0.25) is 0 Å². The molecule has 82 valence electrons. The molecule has 2 heteroatoms. The van der Waals surface area contributed by atoms with Crippen molar-refractivity contribution in [2.45, 2.75) is 33.1 Å². The van der Waals surface area contributed by atoms with E-state index in [-0.39, 0.29) is 5.92 Å². The van der Waals surface area contributed by atoms with Gasteiger partial charge in [0.15, 0.2) is 0 Å². The molecule has 0 saturated carbocycles. The standard InChI is InChI=1S/C13H17BrO/c1-10(2)13(15)8-4-6-11-5-3-7-12(14)9-11/h3,5,7,9-10H,4,6,8H2,1-2H3. The normalized spacial score (nSPS) is 10.7. The first kappa shape index (κ1) is 12.4. The summed E-state index contributed by atoms with van der Waals surface area (Å²) in [6, 6.07) is 8.26. The van der Waals surface area contributed by atoms with E-state index in [2.05, 4.69) is 28.1 Å². The van der Waals surface area contributed by atoms with E-state index in [1.165, 1.54) is 5.56 Å². The van der Waals surface area contributed by atoms with E-state index in [1.54, 1.807) is 0 Å². The molecule has 0 saturated heterocycles. The molecule has 0 spiro atoms. The Labute approximate surface area is 100 Å². The third-order valence-electron chi connectivity index (χ3n) is 2.42. The summed E-state index contributed by atoms with van der Waals surface area (Å²) in [7, 11) is 0. The van der Waals surface area contributed by atoms with Gasteiger partial charge < -0.3 is 0 Å². The van der Waals surface area contributed by atoms with E-state index in [1.807, 2.05) is 26.0 Å². The van der Waals surface area contributed by atoms with Crippen molar-refractivity contribution in [3.05, 3.63) is 34.3 Å². The fourth-order valence-electron chi connectivity index (χ4n) is 1.45. The largest absolute Gasteiger partial charge is 0.299 e. The quantitative estimate of drug-likeness (QED) is 0.789. The SMILES string of the molecule is CC(C)C(=O)CCCc1cccc(Br)c1. The van der Waals surface area contributed by atoms with Gasteiger partial charge in [-0.2, -0.15) is 0 Å². The molecule has 0 amide bonds. The maximum atomic E-state index is 11.4. The topological polar surface area (TPSA) is 17.1 Å². The average molecular weight is 269 g/mol. The van der Waals surface area contributed by atoms with Gasteiger partial charge in [0, 0.05) is 16.8 Å². The molecular weight excluding hydrogens is 252 g/mol. The molecule has 1 aromatic carbocycles. The highest BCUT2D eigenvalue weighted by Gasteiger charge is 2.06. The Morgan fingerprint density at radius 1 is 1.40 bits per heavy atom. The van der Waals surface area contributed by atoms with Crippen LogP contribution in [-0.2, 0) is 11.2 Å².